The third-order valence-corrected chi connectivity index (χ3v) is 4.31. The van der Waals surface area contributed by atoms with Crippen molar-refractivity contribution in [3.63, 3.8) is 0 Å². The van der Waals surface area contributed by atoms with Gasteiger partial charge in [-0.15, -0.1) is 0 Å². The van der Waals surface area contributed by atoms with E-state index in [0.29, 0.717) is 31.2 Å². The zero-order valence-electron chi connectivity index (χ0n) is 11.9. The first-order chi connectivity index (χ1) is 8.43. The maximum atomic E-state index is 11.0. The van der Waals surface area contributed by atoms with Crippen molar-refractivity contribution in [3.8, 4) is 0 Å². The molecule has 0 radical (unpaired) electrons. The lowest BCUT2D eigenvalue weighted by atomic mass is 9.66. The van der Waals surface area contributed by atoms with E-state index in [9.17, 15) is 4.79 Å². The summed E-state index contributed by atoms with van der Waals surface area (Å²) in [6, 6.07) is 0. The fraction of sp³-hybridized carbons (Fsp3) is 0.800. The number of hydrogen-bond acceptors (Lipinski definition) is 3. The largest absolute Gasteiger partial charge is 0.465 e. The molecule has 2 rings (SSSR count). The summed E-state index contributed by atoms with van der Waals surface area (Å²) in [5, 5.41) is 0. The van der Waals surface area contributed by atoms with Crippen LogP contribution in [0.3, 0.4) is 0 Å². The van der Waals surface area contributed by atoms with Gasteiger partial charge in [0.25, 0.3) is 0 Å². The number of rotatable bonds is 3. The predicted octanol–water partition coefficient (Wildman–Crippen LogP) is 2.95. The minimum atomic E-state index is -0.196. The second-order valence-electron chi connectivity index (χ2n) is 6.26. The SMILES string of the molecule is CC(=O)OC[C@]12CC=C(C)[C@H](C1)[C@@H](C(C)C)OC2. The zero-order valence-corrected chi connectivity index (χ0v) is 11.9. The Morgan fingerprint density at radius 1 is 1.61 bits per heavy atom. The molecule has 1 aliphatic heterocycles. The van der Waals surface area contributed by atoms with Gasteiger partial charge in [0.1, 0.15) is 0 Å². The van der Waals surface area contributed by atoms with E-state index in [2.05, 4.69) is 26.8 Å². The van der Waals surface area contributed by atoms with Gasteiger partial charge in [-0.25, -0.2) is 0 Å². The molecular weight excluding hydrogens is 228 g/mol. The molecule has 0 aromatic rings. The topological polar surface area (TPSA) is 35.5 Å². The maximum absolute atomic E-state index is 11.0. The quantitative estimate of drug-likeness (QED) is 0.572. The van der Waals surface area contributed by atoms with Gasteiger partial charge in [-0.05, 0) is 25.7 Å². The molecule has 3 atom stereocenters. The second kappa shape index (κ2) is 5.04. The number of fused-ring (bicyclic) bond motifs is 2. The van der Waals surface area contributed by atoms with E-state index >= 15 is 0 Å². The van der Waals surface area contributed by atoms with Crippen LogP contribution in [-0.2, 0) is 14.3 Å². The lowest BCUT2D eigenvalue weighted by Gasteiger charge is -2.48. The highest BCUT2D eigenvalue weighted by atomic mass is 16.5. The van der Waals surface area contributed by atoms with E-state index in [-0.39, 0.29) is 11.4 Å². The van der Waals surface area contributed by atoms with Gasteiger partial charge in [0, 0.05) is 18.3 Å². The van der Waals surface area contributed by atoms with Crippen LogP contribution in [0.4, 0.5) is 0 Å². The zero-order chi connectivity index (χ0) is 13.3. The van der Waals surface area contributed by atoms with E-state index in [0.717, 1.165) is 12.8 Å². The van der Waals surface area contributed by atoms with Gasteiger partial charge >= 0.3 is 5.97 Å². The first-order valence-electron chi connectivity index (χ1n) is 6.85. The summed E-state index contributed by atoms with van der Waals surface area (Å²) >= 11 is 0. The highest BCUT2D eigenvalue weighted by Crippen LogP contribution is 2.46. The van der Waals surface area contributed by atoms with Crippen molar-refractivity contribution in [2.45, 2.75) is 46.6 Å². The van der Waals surface area contributed by atoms with Crippen LogP contribution in [0.2, 0.25) is 0 Å². The minimum absolute atomic E-state index is 0.0151. The molecule has 0 spiro atoms. The molecule has 3 heteroatoms. The number of carbonyl (C=O) groups is 1. The van der Waals surface area contributed by atoms with Crippen LogP contribution in [0.5, 0.6) is 0 Å². The molecule has 1 aliphatic carbocycles. The van der Waals surface area contributed by atoms with Gasteiger partial charge in [-0.1, -0.05) is 25.5 Å². The normalized spacial score (nSPS) is 35.3. The molecule has 0 saturated carbocycles. The fourth-order valence-electron chi connectivity index (χ4n) is 3.19. The van der Waals surface area contributed by atoms with Gasteiger partial charge in [-0.2, -0.15) is 0 Å². The van der Waals surface area contributed by atoms with Crippen molar-refractivity contribution >= 4 is 5.97 Å². The van der Waals surface area contributed by atoms with Crippen LogP contribution in [0.25, 0.3) is 0 Å². The molecule has 3 nitrogen and oxygen atoms in total. The van der Waals surface area contributed by atoms with Crippen molar-refractivity contribution in [2.24, 2.45) is 17.3 Å². The molecule has 2 aliphatic rings. The summed E-state index contributed by atoms with van der Waals surface area (Å²) in [6.07, 6.45) is 4.68. The molecule has 1 fully saturated rings. The molecular formula is C15H24O3. The average Bonchev–Trinajstić information content (AvgIpc) is 2.32. The molecule has 18 heavy (non-hydrogen) atoms. The van der Waals surface area contributed by atoms with Crippen molar-refractivity contribution in [2.75, 3.05) is 13.2 Å². The third-order valence-electron chi connectivity index (χ3n) is 4.31. The Morgan fingerprint density at radius 3 is 2.94 bits per heavy atom. The monoisotopic (exact) mass is 252 g/mol. The summed E-state index contributed by atoms with van der Waals surface area (Å²) in [5.74, 6) is 0.824. The molecule has 1 saturated heterocycles. The van der Waals surface area contributed by atoms with E-state index in [4.69, 9.17) is 9.47 Å². The Kier molecular flexibility index (Phi) is 3.81. The summed E-state index contributed by atoms with van der Waals surface area (Å²) in [6.45, 7) is 9.30. The molecule has 102 valence electrons. The molecule has 1 heterocycles. The standard InChI is InChI=1S/C15H24O3/c1-10(2)14-13-7-15(9-18-14,6-5-11(13)3)8-17-12(4)16/h5,10,13-14H,6-9H2,1-4H3/t13-,14+,15-/m0/s1. The number of carbonyl (C=O) groups excluding carboxylic acids is 1. The third kappa shape index (κ3) is 2.61. The van der Waals surface area contributed by atoms with Crippen LogP contribution in [0.1, 0.15) is 40.5 Å². The molecule has 0 amide bonds. The fourth-order valence-corrected chi connectivity index (χ4v) is 3.19. The number of esters is 1. The molecule has 0 aromatic heterocycles. The highest BCUT2D eigenvalue weighted by Gasteiger charge is 2.45. The Balaban J connectivity index is 2.12. The summed E-state index contributed by atoms with van der Waals surface area (Å²) in [5.41, 5.74) is 1.45. The van der Waals surface area contributed by atoms with Crippen LogP contribution in [-0.4, -0.2) is 25.3 Å². The van der Waals surface area contributed by atoms with Gasteiger partial charge in [-0.3, -0.25) is 4.79 Å². The predicted molar refractivity (Wildman–Crippen MR) is 70.1 cm³/mol. The van der Waals surface area contributed by atoms with Crippen LogP contribution >= 0.6 is 0 Å². The smallest absolute Gasteiger partial charge is 0.302 e. The number of allylic oxidation sites excluding steroid dienone is 1. The van der Waals surface area contributed by atoms with E-state index < -0.39 is 0 Å². The summed E-state index contributed by atoms with van der Waals surface area (Å²) in [7, 11) is 0. The second-order valence-corrected chi connectivity index (χ2v) is 6.26. The first-order valence-corrected chi connectivity index (χ1v) is 6.85. The van der Waals surface area contributed by atoms with E-state index in [1.54, 1.807) is 0 Å². The molecule has 0 aromatic carbocycles. The highest BCUT2D eigenvalue weighted by molar-refractivity contribution is 5.65. The Bertz CT molecular complexity index is 359. The first kappa shape index (κ1) is 13.6. The van der Waals surface area contributed by atoms with Crippen molar-refractivity contribution < 1.29 is 14.3 Å². The van der Waals surface area contributed by atoms with Crippen LogP contribution < -0.4 is 0 Å². The van der Waals surface area contributed by atoms with E-state index in [1.807, 2.05) is 0 Å². The van der Waals surface area contributed by atoms with Crippen LogP contribution in [0.15, 0.2) is 11.6 Å². The summed E-state index contributed by atoms with van der Waals surface area (Å²) in [4.78, 5) is 11.0. The minimum Gasteiger partial charge on any atom is -0.465 e. The van der Waals surface area contributed by atoms with Gasteiger partial charge in [0.15, 0.2) is 0 Å². The maximum Gasteiger partial charge on any atom is 0.302 e. The van der Waals surface area contributed by atoms with Crippen molar-refractivity contribution in [3.05, 3.63) is 11.6 Å². The van der Waals surface area contributed by atoms with Crippen LogP contribution in [0, 0.1) is 17.3 Å². The van der Waals surface area contributed by atoms with E-state index in [1.165, 1.54) is 12.5 Å². The van der Waals surface area contributed by atoms with Crippen molar-refractivity contribution in [1.82, 2.24) is 0 Å². The molecule has 0 unspecified atom stereocenters. The summed E-state index contributed by atoms with van der Waals surface area (Å²) < 4.78 is 11.3. The van der Waals surface area contributed by atoms with Gasteiger partial charge < -0.3 is 9.47 Å². The van der Waals surface area contributed by atoms with Crippen molar-refractivity contribution in [1.29, 1.82) is 0 Å². The Labute approximate surface area is 110 Å². The van der Waals surface area contributed by atoms with Gasteiger partial charge in [0.05, 0.1) is 19.3 Å². The molecule has 0 N–H and O–H groups in total. The lowest BCUT2D eigenvalue weighted by molar-refractivity contribution is -0.158. The average molecular weight is 252 g/mol. The number of ether oxygens (including phenoxy) is 2. The Hall–Kier alpha value is -0.830. The number of hydrogen-bond donors (Lipinski definition) is 0. The molecule has 2 bridgehead atoms. The Morgan fingerprint density at radius 2 is 2.33 bits per heavy atom. The van der Waals surface area contributed by atoms with Gasteiger partial charge in [0.2, 0.25) is 0 Å². The lowest BCUT2D eigenvalue weighted by Crippen LogP contribution is -2.48.